The van der Waals surface area contributed by atoms with E-state index in [2.05, 4.69) is 9.89 Å². The smallest absolute Gasteiger partial charge is 0.331 e. The monoisotopic (exact) mass is 517 g/mol. The molecule has 1 unspecified atom stereocenters. The number of rotatable bonds is 8. The fourth-order valence-corrected chi connectivity index (χ4v) is 3.45. The van der Waals surface area contributed by atoms with Crippen LogP contribution in [0.15, 0.2) is 41.6 Å². The molecule has 1 aromatic heterocycles. The lowest BCUT2D eigenvalue weighted by Crippen LogP contribution is -2.22. The van der Waals surface area contributed by atoms with E-state index >= 15 is 0 Å². The van der Waals surface area contributed by atoms with Gasteiger partial charge >= 0.3 is 11.9 Å². The summed E-state index contributed by atoms with van der Waals surface area (Å²) in [7, 11) is 4.77. The van der Waals surface area contributed by atoms with Gasteiger partial charge < -0.3 is 23.6 Å². The molecule has 0 aliphatic heterocycles. The van der Waals surface area contributed by atoms with E-state index in [1.165, 1.54) is 26.2 Å². The summed E-state index contributed by atoms with van der Waals surface area (Å²) in [6, 6.07) is 9.82. The van der Waals surface area contributed by atoms with Crippen molar-refractivity contribution in [1.29, 1.82) is 0 Å². The average molecular weight is 518 g/mol. The Morgan fingerprint density at radius 2 is 1.59 bits per heavy atom. The first kappa shape index (κ1) is 31.2. The topological polar surface area (TPSA) is 131 Å². The first-order valence-electron chi connectivity index (χ1n) is 11.6. The van der Waals surface area contributed by atoms with Crippen molar-refractivity contribution in [3.63, 3.8) is 0 Å². The van der Waals surface area contributed by atoms with Crippen molar-refractivity contribution >= 4 is 45.1 Å². The number of fused-ring (bicyclic) bond motifs is 3. The van der Waals surface area contributed by atoms with Gasteiger partial charge in [0, 0.05) is 56.7 Å². The van der Waals surface area contributed by atoms with Gasteiger partial charge in [0.2, 0.25) is 0 Å². The number of oxime groups is 1. The minimum Gasteiger partial charge on any atom is -0.459 e. The molecule has 0 fully saturated rings. The molecule has 0 saturated carbocycles. The van der Waals surface area contributed by atoms with Gasteiger partial charge in [-0.15, -0.1) is 0 Å². The van der Waals surface area contributed by atoms with Crippen molar-refractivity contribution in [1.82, 2.24) is 4.57 Å². The molecule has 1 heterocycles. The van der Waals surface area contributed by atoms with Gasteiger partial charge in [0.05, 0.1) is 22.8 Å². The van der Waals surface area contributed by atoms with E-state index in [4.69, 9.17) is 14.3 Å². The highest BCUT2D eigenvalue weighted by Gasteiger charge is 2.19. The third-order valence-electron chi connectivity index (χ3n) is 4.81. The second-order valence-corrected chi connectivity index (χ2v) is 7.70. The number of hydrogen-bond donors (Lipinski definition) is 0. The molecular weight excluding hydrogens is 482 g/mol. The number of carbonyl (C=O) groups excluding carboxylic acids is 2. The van der Waals surface area contributed by atoms with Crippen molar-refractivity contribution in [2.24, 2.45) is 5.16 Å². The Morgan fingerprint density at radius 3 is 2.14 bits per heavy atom. The van der Waals surface area contributed by atoms with Crippen molar-refractivity contribution in [3.05, 3.63) is 52.1 Å². The average Bonchev–Trinajstić information content (AvgIpc) is 3.16. The summed E-state index contributed by atoms with van der Waals surface area (Å²) in [5, 5.41) is 16.4. The van der Waals surface area contributed by atoms with Crippen LogP contribution in [0.2, 0.25) is 0 Å². The molecule has 0 spiro atoms. The number of aromatic nitrogens is 1. The molecule has 0 N–H and O–H groups in total. The van der Waals surface area contributed by atoms with E-state index < -0.39 is 23.0 Å². The number of nitrogens with zero attached hydrogens (tertiary/aromatic N) is 3. The fourth-order valence-electron chi connectivity index (χ4n) is 3.45. The van der Waals surface area contributed by atoms with Gasteiger partial charge in [-0.1, -0.05) is 25.1 Å². The predicted molar refractivity (Wildman–Crippen MR) is 142 cm³/mol. The number of nitro benzene ring substituents is 1. The zero-order chi connectivity index (χ0) is 28.1. The maximum Gasteiger partial charge on any atom is 0.331 e. The summed E-state index contributed by atoms with van der Waals surface area (Å²) >= 11 is 0. The molecular formula is C26H35N3O8. The Bertz CT molecular complexity index is 1250. The van der Waals surface area contributed by atoms with Crippen LogP contribution in [-0.4, -0.2) is 61.2 Å². The summed E-state index contributed by atoms with van der Waals surface area (Å²) in [6.45, 7) is 8.86. The number of methoxy groups -OCH3 is 2. The first-order chi connectivity index (χ1) is 17.6. The standard InChI is InChI=1S/C22H23N3O7.C2H6O.C2H6/c1-13(12-30-4)31-22(27)11-24-20-7-5-16(14(2)23-32-15(3)26)9-18(20)19-10-17(25(28)29)6-8-21(19)24;1-3-2;1-2/h5-10,13H,11-12H2,1-4H3;1-2H3;1-2H3/b23-14+;;. The summed E-state index contributed by atoms with van der Waals surface area (Å²) in [5.74, 6) is -0.998. The Hall–Kier alpha value is -3.83. The number of hydrogen-bond acceptors (Lipinski definition) is 9. The summed E-state index contributed by atoms with van der Waals surface area (Å²) in [4.78, 5) is 39.1. The quantitative estimate of drug-likeness (QED) is 0.136. The second-order valence-electron chi connectivity index (χ2n) is 7.70. The van der Waals surface area contributed by atoms with Crippen LogP contribution in [0.25, 0.3) is 21.8 Å². The second kappa shape index (κ2) is 15.3. The molecule has 37 heavy (non-hydrogen) atoms. The number of carbonyl (C=O) groups is 2. The van der Waals surface area contributed by atoms with Gasteiger partial charge in [-0.3, -0.25) is 14.9 Å². The van der Waals surface area contributed by atoms with Crippen LogP contribution in [0.3, 0.4) is 0 Å². The van der Waals surface area contributed by atoms with Gasteiger partial charge in [-0.05, 0) is 37.6 Å². The molecule has 3 rings (SSSR count). The number of esters is 1. The summed E-state index contributed by atoms with van der Waals surface area (Å²) in [6.07, 6.45) is -0.409. The van der Waals surface area contributed by atoms with Gasteiger partial charge in [-0.25, -0.2) is 4.79 Å². The zero-order valence-electron chi connectivity index (χ0n) is 22.6. The van der Waals surface area contributed by atoms with E-state index in [1.54, 1.807) is 56.9 Å². The maximum absolute atomic E-state index is 12.5. The van der Waals surface area contributed by atoms with Gasteiger partial charge in [0.1, 0.15) is 12.6 Å². The lowest BCUT2D eigenvalue weighted by atomic mass is 10.1. The molecule has 0 aliphatic rings. The van der Waals surface area contributed by atoms with Crippen LogP contribution in [0.5, 0.6) is 0 Å². The first-order valence-corrected chi connectivity index (χ1v) is 11.6. The molecule has 1 atom stereocenters. The van der Waals surface area contributed by atoms with Crippen LogP contribution in [0, 0.1) is 10.1 Å². The highest BCUT2D eigenvalue weighted by molar-refractivity contribution is 6.12. The van der Waals surface area contributed by atoms with Crippen LogP contribution < -0.4 is 0 Å². The minimum atomic E-state index is -0.543. The van der Waals surface area contributed by atoms with Crippen molar-refractivity contribution < 1.29 is 33.6 Å². The summed E-state index contributed by atoms with van der Waals surface area (Å²) < 4.78 is 16.4. The lowest BCUT2D eigenvalue weighted by molar-refractivity contribution is -0.384. The van der Waals surface area contributed by atoms with Gasteiger partial charge in [-0.2, -0.15) is 0 Å². The van der Waals surface area contributed by atoms with E-state index in [1.807, 2.05) is 13.8 Å². The zero-order valence-corrected chi connectivity index (χ0v) is 22.6. The van der Waals surface area contributed by atoms with E-state index in [9.17, 15) is 19.7 Å². The molecule has 0 bridgehead atoms. The molecule has 2 aromatic carbocycles. The molecule has 0 radical (unpaired) electrons. The minimum absolute atomic E-state index is 0.0662. The van der Waals surface area contributed by atoms with Crippen molar-refractivity contribution in [3.8, 4) is 0 Å². The highest BCUT2D eigenvalue weighted by atomic mass is 16.7. The van der Waals surface area contributed by atoms with E-state index in [0.717, 1.165) is 0 Å². The fraction of sp³-hybridized carbons (Fsp3) is 0.423. The van der Waals surface area contributed by atoms with Gasteiger partial charge in [0.25, 0.3) is 5.69 Å². The Balaban J connectivity index is 0.00000127. The van der Waals surface area contributed by atoms with Crippen molar-refractivity contribution in [2.75, 3.05) is 27.9 Å². The molecule has 0 saturated heterocycles. The van der Waals surface area contributed by atoms with Crippen LogP contribution in [0.4, 0.5) is 5.69 Å². The Morgan fingerprint density at radius 1 is 1.03 bits per heavy atom. The van der Waals surface area contributed by atoms with E-state index in [-0.39, 0.29) is 18.8 Å². The third-order valence-corrected chi connectivity index (χ3v) is 4.81. The highest BCUT2D eigenvalue weighted by Crippen LogP contribution is 2.32. The normalized spacial score (nSPS) is 11.6. The van der Waals surface area contributed by atoms with Crippen molar-refractivity contribution in [2.45, 2.75) is 47.3 Å². The number of ether oxygens (including phenoxy) is 3. The largest absolute Gasteiger partial charge is 0.459 e. The molecule has 3 aromatic rings. The van der Waals surface area contributed by atoms with E-state index in [0.29, 0.717) is 33.1 Å². The maximum atomic E-state index is 12.5. The van der Waals surface area contributed by atoms with Crippen LogP contribution >= 0.6 is 0 Å². The molecule has 202 valence electrons. The SMILES string of the molecule is CC.COC.COCC(C)OC(=O)Cn1c2ccc(/C(C)=N/OC(C)=O)cc2c2cc([N+](=O)[O-])ccc21. The number of benzene rings is 2. The Kier molecular flexibility index (Phi) is 12.9. The molecule has 0 aliphatic carbocycles. The number of non-ortho nitro benzene ring substituents is 1. The summed E-state index contributed by atoms with van der Waals surface area (Å²) in [5.41, 5.74) is 2.40. The molecule has 11 nitrogen and oxygen atoms in total. The van der Waals surface area contributed by atoms with Crippen LogP contribution in [-0.2, 0) is 35.2 Å². The number of nitro groups is 1. The Labute approximate surface area is 216 Å². The predicted octanol–water partition coefficient (Wildman–Crippen LogP) is 4.86. The third kappa shape index (κ3) is 8.65. The van der Waals surface area contributed by atoms with Crippen LogP contribution in [0.1, 0.15) is 40.2 Å². The lowest BCUT2D eigenvalue weighted by Gasteiger charge is -2.13. The molecule has 0 amide bonds. The van der Waals surface area contributed by atoms with Gasteiger partial charge in [0.15, 0.2) is 0 Å². The molecule has 11 heteroatoms.